The van der Waals surface area contributed by atoms with Gasteiger partial charge >= 0.3 is 7.12 Å². The van der Waals surface area contributed by atoms with Crippen LogP contribution in [-0.4, -0.2) is 33.3 Å². The molecule has 0 unspecified atom stereocenters. The molecule has 104 valence electrons. The van der Waals surface area contributed by atoms with Crippen molar-refractivity contribution in [2.75, 3.05) is 0 Å². The van der Waals surface area contributed by atoms with Crippen molar-refractivity contribution in [2.45, 2.75) is 38.9 Å². The van der Waals surface area contributed by atoms with Gasteiger partial charge in [0.1, 0.15) is 11.3 Å². The quantitative estimate of drug-likeness (QED) is 0.790. The molecule has 0 N–H and O–H groups in total. The number of aromatic nitrogens is 3. The highest BCUT2D eigenvalue weighted by atomic mass is 32.1. The molecule has 0 aromatic carbocycles. The minimum atomic E-state index is -0.365. The normalized spacial score (nSPS) is 20.3. The van der Waals surface area contributed by atoms with E-state index in [1.54, 1.807) is 29.9 Å². The van der Waals surface area contributed by atoms with E-state index >= 15 is 0 Å². The van der Waals surface area contributed by atoms with Crippen molar-refractivity contribution in [1.82, 2.24) is 15.0 Å². The summed E-state index contributed by atoms with van der Waals surface area (Å²) in [6.45, 7) is 8.17. The first-order chi connectivity index (χ1) is 9.39. The van der Waals surface area contributed by atoms with E-state index in [4.69, 9.17) is 9.31 Å². The molecule has 0 aliphatic carbocycles. The third-order valence-electron chi connectivity index (χ3n) is 3.82. The molecule has 0 saturated carbocycles. The lowest BCUT2D eigenvalue weighted by atomic mass is 9.89. The minimum Gasteiger partial charge on any atom is -0.399 e. The molecule has 7 heteroatoms. The van der Waals surface area contributed by atoms with Gasteiger partial charge in [-0.05, 0) is 27.7 Å². The molecule has 3 heterocycles. The number of nitrogens with zero attached hydrogens (tertiary/aromatic N) is 3. The SMILES string of the molecule is CC1(C)OB(c2cnc(-c3cncnc3)s2)OC1(C)C. The lowest BCUT2D eigenvalue weighted by molar-refractivity contribution is 0.00578. The van der Waals surface area contributed by atoms with Crippen molar-refractivity contribution in [2.24, 2.45) is 0 Å². The molecule has 0 atom stereocenters. The second-order valence-electron chi connectivity index (χ2n) is 5.78. The van der Waals surface area contributed by atoms with Crippen LogP contribution in [0.5, 0.6) is 0 Å². The smallest absolute Gasteiger partial charge is 0.399 e. The van der Waals surface area contributed by atoms with Gasteiger partial charge in [-0.25, -0.2) is 15.0 Å². The van der Waals surface area contributed by atoms with Crippen LogP contribution < -0.4 is 4.78 Å². The Morgan fingerprint density at radius 3 is 2.20 bits per heavy atom. The molecule has 2 aromatic rings. The lowest BCUT2D eigenvalue weighted by Gasteiger charge is -2.32. The zero-order valence-electron chi connectivity index (χ0n) is 12.0. The molecule has 1 saturated heterocycles. The minimum absolute atomic E-state index is 0.336. The highest BCUT2D eigenvalue weighted by molar-refractivity contribution is 7.24. The summed E-state index contributed by atoms with van der Waals surface area (Å²) >= 11 is 1.54. The summed E-state index contributed by atoms with van der Waals surface area (Å²) in [5.41, 5.74) is 0.232. The summed E-state index contributed by atoms with van der Waals surface area (Å²) in [5.74, 6) is 0. The average Bonchev–Trinajstić information content (AvgIpc) is 2.94. The predicted octanol–water partition coefficient (Wildman–Crippen LogP) is 1.90. The summed E-state index contributed by atoms with van der Waals surface area (Å²) in [6.07, 6.45) is 6.81. The second-order valence-corrected chi connectivity index (χ2v) is 6.85. The van der Waals surface area contributed by atoms with E-state index in [9.17, 15) is 0 Å². The fraction of sp³-hybridized carbons (Fsp3) is 0.462. The standard InChI is InChI=1S/C13H16BN3O2S/c1-12(2)13(3,4)19-14(18-12)10-7-17-11(20-10)9-5-15-8-16-6-9/h5-8H,1-4H3. The van der Waals surface area contributed by atoms with Gasteiger partial charge in [-0.15, -0.1) is 11.3 Å². The first-order valence-corrected chi connectivity index (χ1v) is 7.27. The average molecular weight is 289 g/mol. The molecular weight excluding hydrogens is 273 g/mol. The Morgan fingerprint density at radius 2 is 1.60 bits per heavy atom. The molecule has 20 heavy (non-hydrogen) atoms. The van der Waals surface area contributed by atoms with Crippen LogP contribution in [0.4, 0.5) is 0 Å². The highest BCUT2D eigenvalue weighted by Crippen LogP contribution is 2.37. The third kappa shape index (κ3) is 2.26. The molecule has 2 aromatic heterocycles. The Morgan fingerprint density at radius 1 is 1.00 bits per heavy atom. The van der Waals surface area contributed by atoms with Crippen LogP contribution in [0.1, 0.15) is 27.7 Å². The van der Waals surface area contributed by atoms with Gasteiger partial charge in [0.15, 0.2) is 0 Å². The van der Waals surface area contributed by atoms with Crippen LogP contribution in [0.2, 0.25) is 0 Å². The molecule has 1 aliphatic heterocycles. The molecule has 0 spiro atoms. The molecule has 3 rings (SSSR count). The Kier molecular flexibility index (Phi) is 3.15. The summed E-state index contributed by atoms with van der Waals surface area (Å²) in [6, 6.07) is 0. The Hall–Kier alpha value is -1.31. The zero-order chi connectivity index (χ0) is 14.4. The fourth-order valence-corrected chi connectivity index (χ4v) is 2.75. The number of thiazole rings is 1. The van der Waals surface area contributed by atoms with Crippen LogP contribution in [0.15, 0.2) is 24.9 Å². The molecule has 0 amide bonds. The molecule has 1 aliphatic rings. The van der Waals surface area contributed by atoms with Crippen molar-refractivity contribution < 1.29 is 9.31 Å². The summed E-state index contributed by atoms with van der Waals surface area (Å²) < 4.78 is 13.0. The van der Waals surface area contributed by atoms with Gasteiger partial charge in [-0.2, -0.15) is 0 Å². The van der Waals surface area contributed by atoms with Gasteiger partial charge in [0.05, 0.1) is 16.0 Å². The largest absolute Gasteiger partial charge is 0.507 e. The first-order valence-electron chi connectivity index (χ1n) is 6.46. The maximum atomic E-state index is 6.02. The predicted molar refractivity (Wildman–Crippen MR) is 78.9 cm³/mol. The van der Waals surface area contributed by atoms with Gasteiger partial charge in [-0.3, -0.25) is 0 Å². The van der Waals surface area contributed by atoms with E-state index < -0.39 is 0 Å². The van der Waals surface area contributed by atoms with Gasteiger partial charge < -0.3 is 9.31 Å². The van der Waals surface area contributed by atoms with E-state index in [-0.39, 0.29) is 18.3 Å². The summed E-state index contributed by atoms with van der Waals surface area (Å²) in [5, 5.41) is 0.871. The molecule has 0 bridgehead atoms. The molecule has 5 nitrogen and oxygen atoms in total. The number of hydrogen-bond donors (Lipinski definition) is 0. The van der Waals surface area contributed by atoms with Crippen LogP contribution in [0.25, 0.3) is 10.6 Å². The lowest BCUT2D eigenvalue weighted by Crippen LogP contribution is -2.41. The Balaban J connectivity index is 1.86. The maximum absolute atomic E-state index is 6.02. The molecule has 0 radical (unpaired) electrons. The summed E-state index contributed by atoms with van der Waals surface area (Å²) in [4.78, 5) is 12.4. The van der Waals surface area contributed by atoms with E-state index in [0.717, 1.165) is 15.3 Å². The maximum Gasteiger partial charge on any atom is 0.507 e. The van der Waals surface area contributed by atoms with Crippen molar-refractivity contribution in [3.63, 3.8) is 0 Å². The van der Waals surface area contributed by atoms with E-state index in [1.807, 2.05) is 27.7 Å². The topological polar surface area (TPSA) is 57.1 Å². The van der Waals surface area contributed by atoms with Crippen LogP contribution >= 0.6 is 11.3 Å². The van der Waals surface area contributed by atoms with Gasteiger partial charge in [0.25, 0.3) is 0 Å². The van der Waals surface area contributed by atoms with E-state index in [0.29, 0.717) is 0 Å². The zero-order valence-corrected chi connectivity index (χ0v) is 12.8. The molecular formula is C13H16BN3O2S. The van der Waals surface area contributed by atoms with Crippen molar-refractivity contribution in [3.8, 4) is 10.6 Å². The fourth-order valence-electron chi connectivity index (χ4n) is 1.90. The summed E-state index contributed by atoms with van der Waals surface area (Å²) in [7, 11) is -0.365. The monoisotopic (exact) mass is 289 g/mol. The highest BCUT2D eigenvalue weighted by Gasteiger charge is 2.52. The number of hydrogen-bond acceptors (Lipinski definition) is 6. The van der Waals surface area contributed by atoms with Crippen LogP contribution in [-0.2, 0) is 9.31 Å². The van der Waals surface area contributed by atoms with Crippen molar-refractivity contribution in [1.29, 1.82) is 0 Å². The van der Waals surface area contributed by atoms with Crippen LogP contribution in [0, 0.1) is 0 Å². The van der Waals surface area contributed by atoms with E-state index in [2.05, 4.69) is 15.0 Å². The molecule has 1 fully saturated rings. The third-order valence-corrected chi connectivity index (χ3v) is 4.88. The van der Waals surface area contributed by atoms with Gasteiger partial charge in [0, 0.05) is 24.2 Å². The second kappa shape index (κ2) is 4.61. The first kappa shape index (κ1) is 13.7. The van der Waals surface area contributed by atoms with Crippen molar-refractivity contribution in [3.05, 3.63) is 24.9 Å². The van der Waals surface area contributed by atoms with E-state index in [1.165, 1.54) is 6.33 Å². The Bertz CT molecular complexity index is 599. The Labute approximate surface area is 122 Å². The van der Waals surface area contributed by atoms with Crippen molar-refractivity contribution >= 4 is 23.2 Å². The number of rotatable bonds is 2. The van der Waals surface area contributed by atoms with Gasteiger partial charge in [0.2, 0.25) is 0 Å². The van der Waals surface area contributed by atoms with Gasteiger partial charge in [-0.1, -0.05) is 0 Å². The van der Waals surface area contributed by atoms with Crippen LogP contribution in [0.3, 0.4) is 0 Å².